The molecule has 0 aliphatic carbocycles. The number of rotatable bonds is 4. The van der Waals surface area contributed by atoms with Crippen LogP contribution in [-0.4, -0.2) is 38.9 Å². The van der Waals surface area contributed by atoms with E-state index in [-0.39, 0.29) is 18.0 Å². The van der Waals surface area contributed by atoms with Gasteiger partial charge in [0.25, 0.3) is 0 Å². The van der Waals surface area contributed by atoms with Gasteiger partial charge in [-0.1, -0.05) is 12.1 Å². The van der Waals surface area contributed by atoms with Gasteiger partial charge in [0.15, 0.2) is 0 Å². The van der Waals surface area contributed by atoms with Crippen molar-refractivity contribution in [1.82, 2.24) is 4.72 Å². The summed E-state index contributed by atoms with van der Waals surface area (Å²) < 4.78 is 31.5. The van der Waals surface area contributed by atoms with E-state index in [9.17, 15) is 13.5 Å². The molecule has 6 heteroatoms. The van der Waals surface area contributed by atoms with E-state index >= 15 is 0 Å². The maximum absolute atomic E-state index is 12.0. The van der Waals surface area contributed by atoms with Gasteiger partial charge >= 0.3 is 0 Å². The van der Waals surface area contributed by atoms with E-state index in [0.29, 0.717) is 13.0 Å². The molecule has 1 aliphatic rings. The van der Waals surface area contributed by atoms with Crippen molar-refractivity contribution < 1.29 is 18.3 Å². The largest absolute Gasteiger partial charge is 0.386 e. The minimum Gasteiger partial charge on any atom is -0.386 e. The Kier molecular flexibility index (Phi) is 3.72. The quantitative estimate of drug-likeness (QED) is 0.832. The van der Waals surface area contributed by atoms with Gasteiger partial charge in [-0.2, -0.15) is 0 Å². The zero-order chi connectivity index (χ0) is 13.2. The van der Waals surface area contributed by atoms with Crippen molar-refractivity contribution in [2.24, 2.45) is 0 Å². The van der Waals surface area contributed by atoms with Crippen LogP contribution in [0, 0.1) is 6.92 Å². The zero-order valence-corrected chi connectivity index (χ0v) is 11.0. The molecule has 2 N–H and O–H groups in total. The van der Waals surface area contributed by atoms with E-state index in [2.05, 4.69) is 4.72 Å². The van der Waals surface area contributed by atoms with Gasteiger partial charge in [-0.05, 0) is 24.6 Å². The second-order valence-electron chi connectivity index (χ2n) is 4.67. The van der Waals surface area contributed by atoms with Gasteiger partial charge in [0.1, 0.15) is 5.60 Å². The third kappa shape index (κ3) is 3.08. The van der Waals surface area contributed by atoms with Crippen molar-refractivity contribution in [1.29, 1.82) is 0 Å². The average Bonchev–Trinajstić information content (AvgIpc) is 2.75. The summed E-state index contributed by atoms with van der Waals surface area (Å²) in [5, 5.41) is 10.0. The van der Waals surface area contributed by atoms with Crippen LogP contribution in [0.25, 0.3) is 0 Å². The van der Waals surface area contributed by atoms with Gasteiger partial charge in [-0.15, -0.1) is 0 Å². The zero-order valence-electron chi connectivity index (χ0n) is 10.2. The Morgan fingerprint density at radius 1 is 1.50 bits per heavy atom. The Morgan fingerprint density at radius 2 is 2.28 bits per heavy atom. The number of aryl methyl sites for hydroxylation is 1. The number of hydrogen-bond donors (Lipinski definition) is 2. The van der Waals surface area contributed by atoms with Gasteiger partial charge < -0.3 is 9.84 Å². The van der Waals surface area contributed by atoms with Crippen LogP contribution in [0.3, 0.4) is 0 Å². The van der Waals surface area contributed by atoms with Crippen molar-refractivity contribution in [2.45, 2.75) is 23.8 Å². The van der Waals surface area contributed by atoms with Crippen LogP contribution in [0.2, 0.25) is 0 Å². The van der Waals surface area contributed by atoms with Crippen LogP contribution in [0.5, 0.6) is 0 Å². The number of benzene rings is 1. The lowest BCUT2D eigenvalue weighted by Gasteiger charge is -2.20. The van der Waals surface area contributed by atoms with Crippen LogP contribution < -0.4 is 4.72 Å². The monoisotopic (exact) mass is 271 g/mol. The van der Waals surface area contributed by atoms with Crippen LogP contribution >= 0.6 is 0 Å². The molecule has 18 heavy (non-hydrogen) atoms. The van der Waals surface area contributed by atoms with Gasteiger partial charge in [0, 0.05) is 19.6 Å². The van der Waals surface area contributed by atoms with E-state index in [0.717, 1.165) is 5.56 Å². The summed E-state index contributed by atoms with van der Waals surface area (Å²) in [5.74, 6) is 0. The fourth-order valence-corrected chi connectivity index (χ4v) is 3.06. The summed E-state index contributed by atoms with van der Waals surface area (Å²) in [7, 11) is -3.57. The molecule has 1 unspecified atom stereocenters. The van der Waals surface area contributed by atoms with Crippen LogP contribution in [0.4, 0.5) is 0 Å². The maximum atomic E-state index is 12.0. The number of nitrogens with one attached hydrogen (secondary N) is 1. The summed E-state index contributed by atoms with van der Waals surface area (Å²) in [4.78, 5) is 0.213. The highest BCUT2D eigenvalue weighted by atomic mass is 32.2. The molecule has 100 valence electrons. The van der Waals surface area contributed by atoms with Crippen LogP contribution in [-0.2, 0) is 14.8 Å². The summed E-state index contributed by atoms with van der Waals surface area (Å²) >= 11 is 0. The first-order chi connectivity index (χ1) is 8.41. The minimum absolute atomic E-state index is 0.0245. The second kappa shape index (κ2) is 4.97. The fraction of sp³-hybridized carbons (Fsp3) is 0.500. The predicted octanol–water partition coefficient (Wildman–Crippen LogP) is 0.425. The van der Waals surface area contributed by atoms with Crippen LogP contribution in [0.1, 0.15) is 12.0 Å². The molecule has 0 saturated carbocycles. The molecule has 1 fully saturated rings. The lowest BCUT2D eigenvalue weighted by molar-refractivity contribution is 0.0314. The molecule has 1 saturated heterocycles. The van der Waals surface area contributed by atoms with Crippen molar-refractivity contribution in [2.75, 3.05) is 19.8 Å². The average molecular weight is 271 g/mol. The first-order valence-electron chi connectivity index (χ1n) is 5.78. The summed E-state index contributed by atoms with van der Waals surface area (Å²) in [6.07, 6.45) is 0.448. The molecule has 0 amide bonds. The molecule has 1 atom stereocenters. The summed E-state index contributed by atoms with van der Waals surface area (Å²) in [6, 6.07) is 6.65. The number of ether oxygens (including phenoxy) is 1. The minimum atomic E-state index is -3.57. The molecular weight excluding hydrogens is 254 g/mol. The summed E-state index contributed by atoms with van der Waals surface area (Å²) in [5.41, 5.74) is -0.211. The Labute approximate surface area is 107 Å². The lowest BCUT2D eigenvalue weighted by Crippen LogP contribution is -2.43. The highest BCUT2D eigenvalue weighted by Crippen LogP contribution is 2.18. The van der Waals surface area contributed by atoms with Crippen molar-refractivity contribution >= 4 is 10.0 Å². The van der Waals surface area contributed by atoms with E-state index < -0.39 is 15.6 Å². The van der Waals surface area contributed by atoms with E-state index in [1.807, 2.05) is 13.0 Å². The molecule has 1 aliphatic heterocycles. The Bertz CT molecular complexity index is 521. The molecule has 2 rings (SSSR count). The first kappa shape index (κ1) is 13.5. The van der Waals surface area contributed by atoms with Crippen LogP contribution in [0.15, 0.2) is 29.2 Å². The molecule has 0 aromatic heterocycles. The van der Waals surface area contributed by atoms with Crippen molar-refractivity contribution in [3.05, 3.63) is 29.8 Å². The Hall–Kier alpha value is -0.950. The molecule has 1 heterocycles. The number of aliphatic hydroxyl groups is 1. The Morgan fingerprint density at radius 3 is 2.89 bits per heavy atom. The molecule has 1 aromatic carbocycles. The third-order valence-electron chi connectivity index (χ3n) is 2.97. The van der Waals surface area contributed by atoms with Gasteiger partial charge in [-0.3, -0.25) is 0 Å². The topological polar surface area (TPSA) is 75.6 Å². The number of sulfonamides is 1. The molecular formula is C12H17NO4S. The first-order valence-corrected chi connectivity index (χ1v) is 7.26. The fourth-order valence-electron chi connectivity index (χ4n) is 1.83. The molecule has 5 nitrogen and oxygen atoms in total. The SMILES string of the molecule is Cc1cccc(S(=O)(=O)NCC2(O)CCOC2)c1. The highest BCUT2D eigenvalue weighted by Gasteiger charge is 2.33. The highest BCUT2D eigenvalue weighted by molar-refractivity contribution is 7.89. The molecule has 0 radical (unpaired) electrons. The van der Waals surface area contributed by atoms with E-state index in [4.69, 9.17) is 4.74 Å². The standard InChI is InChI=1S/C12H17NO4S/c1-10-3-2-4-11(7-10)18(15,16)13-8-12(14)5-6-17-9-12/h2-4,7,13-14H,5-6,8-9H2,1H3. The predicted molar refractivity (Wildman–Crippen MR) is 66.8 cm³/mol. The third-order valence-corrected chi connectivity index (χ3v) is 4.37. The number of hydrogen-bond acceptors (Lipinski definition) is 4. The normalized spacial score (nSPS) is 24.3. The van der Waals surface area contributed by atoms with Crippen molar-refractivity contribution in [3.63, 3.8) is 0 Å². The lowest BCUT2D eigenvalue weighted by atomic mass is 10.1. The smallest absolute Gasteiger partial charge is 0.240 e. The van der Waals surface area contributed by atoms with Gasteiger partial charge in [0.2, 0.25) is 10.0 Å². The van der Waals surface area contributed by atoms with Crippen molar-refractivity contribution in [3.8, 4) is 0 Å². The van der Waals surface area contributed by atoms with E-state index in [1.165, 1.54) is 6.07 Å². The molecule has 0 spiro atoms. The molecule has 1 aromatic rings. The van der Waals surface area contributed by atoms with Gasteiger partial charge in [0.05, 0.1) is 11.5 Å². The summed E-state index contributed by atoms with van der Waals surface area (Å²) in [6.45, 7) is 2.44. The molecule has 0 bridgehead atoms. The van der Waals surface area contributed by atoms with E-state index in [1.54, 1.807) is 12.1 Å². The van der Waals surface area contributed by atoms with Gasteiger partial charge in [-0.25, -0.2) is 13.1 Å². The second-order valence-corrected chi connectivity index (χ2v) is 6.43. The Balaban J connectivity index is 2.08. The maximum Gasteiger partial charge on any atom is 0.240 e.